The molecule has 0 aliphatic carbocycles. The second-order valence-corrected chi connectivity index (χ2v) is 8.78. The summed E-state index contributed by atoms with van der Waals surface area (Å²) >= 11 is 0. The summed E-state index contributed by atoms with van der Waals surface area (Å²) in [5.41, 5.74) is -5.66. The molecule has 0 saturated heterocycles. The van der Waals surface area contributed by atoms with Gasteiger partial charge in [0, 0.05) is 5.56 Å². The molecule has 0 bridgehead atoms. The molecule has 0 N–H and O–H groups in total. The van der Waals surface area contributed by atoms with Gasteiger partial charge in [-0.2, -0.15) is 13.2 Å². The van der Waals surface area contributed by atoms with E-state index in [9.17, 15) is 35.6 Å². The largest absolute Gasteiger partial charge is 0.465 e. The summed E-state index contributed by atoms with van der Waals surface area (Å²) in [7, 11) is -3.57. The quantitative estimate of drug-likeness (QED) is 0.381. The van der Waals surface area contributed by atoms with Gasteiger partial charge in [0.05, 0.1) is 24.8 Å². The maximum atomic E-state index is 14.8. The summed E-state index contributed by atoms with van der Waals surface area (Å²) in [4.78, 5) is 24.5. The van der Waals surface area contributed by atoms with E-state index >= 15 is 0 Å². The highest BCUT2D eigenvalue weighted by Crippen LogP contribution is 2.44. The van der Waals surface area contributed by atoms with Crippen LogP contribution in [-0.4, -0.2) is 38.5 Å². The monoisotopic (exact) mass is 499 g/mol. The number of aryl methyl sites for hydroxylation is 1. The van der Waals surface area contributed by atoms with Crippen LogP contribution in [0.2, 0.25) is 0 Å². The van der Waals surface area contributed by atoms with Gasteiger partial charge in [0.1, 0.15) is 16.9 Å². The van der Waals surface area contributed by atoms with Gasteiger partial charge in [-0.05, 0) is 31.2 Å². The smallest absolute Gasteiger partial charge is 0.433 e. The Morgan fingerprint density at radius 1 is 0.882 bits per heavy atom. The predicted molar refractivity (Wildman–Crippen MR) is 111 cm³/mol. The highest BCUT2D eigenvalue weighted by Gasteiger charge is 2.49. The number of aromatic nitrogens is 1. The minimum Gasteiger partial charge on any atom is -0.465 e. The zero-order chi connectivity index (χ0) is 25.4. The van der Waals surface area contributed by atoms with E-state index in [0.717, 1.165) is 38.5 Å². The van der Waals surface area contributed by atoms with Crippen LogP contribution in [0, 0.1) is 12.7 Å². The minimum atomic E-state index is -5.49. The highest BCUT2D eigenvalue weighted by molar-refractivity contribution is 7.90. The van der Waals surface area contributed by atoms with Gasteiger partial charge in [-0.3, -0.25) is 0 Å². The number of halogens is 4. The van der Waals surface area contributed by atoms with Crippen molar-refractivity contribution < 1.29 is 45.0 Å². The van der Waals surface area contributed by atoms with Gasteiger partial charge >= 0.3 is 18.1 Å². The number of carbonyl (C=O) groups excluding carboxylic acids is 2. The second-order valence-electron chi connectivity index (χ2n) is 6.99. The summed E-state index contributed by atoms with van der Waals surface area (Å²) in [6.07, 6.45) is -5.49. The molecule has 0 spiro atoms. The molecule has 0 aliphatic heterocycles. The molecule has 3 rings (SSSR count). The number of ether oxygens (including phenoxy) is 2. The van der Waals surface area contributed by atoms with Crippen LogP contribution in [0.15, 0.2) is 53.4 Å². The third-order valence-electron chi connectivity index (χ3n) is 4.87. The molecule has 2 aromatic carbocycles. The number of alkyl halides is 3. The molecule has 7 nitrogen and oxygen atoms in total. The molecule has 0 radical (unpaired) electrons. The molecule has 0 unspecified atom stereocenters. The lowest BCUT2D eigenvalue weighted by atomic mass is 10.0. The Kier molecular flexibility index (Phi) is 6.56. The van der Waals surface area contributed by atoms with Crippen LogP contribution in [0.25, 0.3) is 11.3 Å². The first-order valence-electron chi connectivity index (χ1n) is 9.45. The van der Waals surface area contributed by atoms with Crippen molar-refractivity contribution in [3.8, 4) is 11.3 Å². The van der Waals surface area contributed by atoms with Crippen LogP contribution in [0.1, 0.15) is 32.0 Å². The van der Waals surface area contributed by atoms with E-state index in [1.165, 1.54) is 24.3 Å². The third-order valence-corrected chi connectivity index (χ3v) is 6.58. The van der Waals surface area contributed by atoms with Gasteiger partial charge in [-0.15, -0.1) is 0 Å². The van der Waals surface area contributed by atoms with Gasteiger partial charge in [-0.25, -0.2) is 26.4 Å². The van der Waals surface area contributed by atoms with E-state index < -0.39 is 66.9 Å². The summed E-state index contributed by atoms with van der Waals surface area (Å²) in [6, 6.07) is 9.04. The molecule has 0 atom stereocenters. The Hall–Kier alpha value is -3.67. The molecule has 1 aromatic heterocycles. The van der Waals surface area contributed by atoms with Gasteiger partial charge in [0.2, 0.25) is 0 Å². The van der Waals surface area contributed by atoms with Gasteiger partial charge in [0.25, 0.3) is 10.0 Å². The van der Waals surface area contributed by atoms with Crippen molar-refractivity contribution >= 4 is 22.0 Å². The average Bonchev–Trinajstić information content (AvgIpc) is 3.16. The standard InChI is InChI=1S/C22H17F4NO6S/c1-12-8-10-13(11-9-12)34(30,31)27-18(14-6-4-5-7-15(14)23)16(20(28)32-2)17(21(29)33-3)19(27)22(24,25)26/h4-11H,1-3H3. The zero-order valence-electron chi connectivity index (χ0n) is 17.9. The summed E-state index contributed by atoms with van der Waals surface area (Å²) in [5, 5.41) is 0. The molecule has 0 aliphatic rings. The van der Waals surface area contributed by atoms with E-state index in [0.29, 0.717) is 5.56 Å². The Labute approximate surface area is 191 Å². The fourth-order valence-corrected chi connectivity index (χ4v) is 4.92. The Morgan fingerprint density at radius 3 is 1.91 bits per heavy atom. The molecule has 1 heterocycles. The summed E-state index contributed by atoms with van der Waals surface area (Å²) in [5.74, 6) is -4.30. The molecule has 34 heavy (non-hydrogen) atoms. The lowest BCUT2D eigenvalue weighted by molar-refractivity contribution is -0.142. The molecule has 3 aromatic rings. The number of benzene rings is 2. The maximum absolute atomic E-state index is 14.8. The van der Waals surface area contributed by atoms with Crippen LogP contribution in [0.5, 0.6) is 0 Å². The molecule has 12 heteroatoms. The maximum Gasteiger partial charge on any atom is 0.433 e. The van der Waals surface area contributed by atoms with Crippen molar-refractivity contribution in [2.45, 2.75) is 18.0 Å². The van der Waals surface area contributed by atoms with Crippen LogP contribution >= 0.6 is 0 Å². The van der Waals surface area contributed by atoms with Crippen LogP contribution in [-0.2, 0) is 25.7 Å². The SMILES string of the molecule is COC(=O)c1c(C(=O)OC)c(C(F)(F)F)n(S(=O)(=O)c2ccc(C)cc2)c1-c1ccccc1F. The van der Waals surface area contributed by atoms with Gasteiger partial charge < -0.3 is 9.47 Å². The molecular formula is C22H17F4NO6S. The normalized spacial score (nSPS) is 11.9. The molecule has 0 fully saturated rings. The van der Waals surface area contributed by atoms with Crippen LogP contribution in [0.3, 0.4) is 0 Å². The van der Waals surface area contributed by atoms with Crippen molar-refractivity contribution in [1.82, 2.24) is 3.97 Å². The number of hydrogen-bond donors (Lipinski definition) is 0. The van der Waals surface area contributed by atoms with E-state index in [1.807, 2.05) is 0 Å². The molecule has 0 amide bonds. The number of carbonyl (C=O) groups is 2. The van der Waals surface area contributed by atoms with Crippen molar-refractivity contribution in [3.05, 3.63) is 76.7 Å². The van der Waals surface area contributed by atoms with Gasteiger partial charge in [-0.1, -0.05) is 29.8 Å². The van der Waals surface area contributed by atoms with Crippen molar-refractivity contribution in [1.29, 1.82) is 0 Å². The fourth-order valence-electron chi connectivity index (χ4n) is 3.36. The number of hydrogen-bond acceptors (Lipinski definition) is 6. The minimum absolute atomic E-state index is 0.255. The molecular weight excluding hydrogens is 482 g/mol. The third kappa shape index (κ3) is 4.16. The summed E-state index contributed by atoms with van der Waals surface area (Å²) < 4.78 is 93.7. The Morgan fingerprint density at radius 2 is 1.41 bits per heavy atom. The van der Waals surface area contributed by atoms with E-state index in [2.05, 4.69) is 9.47 Å². The first-order chi connectivity index (χ1) is 15.9. The highest BCUT2D eigenvalue weighted by atomic mass is 32.2. The lowest BCUT2D eigenvalue weighted by Gasteiger charge is -2.17. The van der Waals surface area contributed by atoms with E-state index in [4.69, 9.17) is 0 Å². The van der Waals surface area contributed by atoms with Crippen molar-refractivity contribution in [2.24, 2.45) is 0 Å². The second kappa shape index (κ2) is 8.93. The topological polar surface area (TPSA) is 91.7 Å². The van der Waals surface area contributed by atoms with Crippen molar-refractivity contribution in [3.63, 3.8) is 0 Å². The number of nitrogens with zero attached hydrogens (tertiary/aromatic N) is 1. The predicted octanol–water partition coefficient (Wildman–Crippen LogP) is 4.43. The fraction of sp³-hybridized carbons (Fsp3) is 0.182. The zero-order valence-corrected chi connectivity index (χ0v) is 18.8. The molecule has 180 valence electrons. The van der Waals surface area contributed by atoms with Gasteiger partial charge in [0.15, 0.2) is 5.69 Å². The van der Waals surface area contributed by atoms with Crippen LogP contribution < -0.4 is 0 Å². The number of rotatable bonds is 5. The summed E-state index contributed by atoms with van der Waals surface area (Å²) in [6.45, 7) is 1.63. The first-order valence-corrected chi connectivity index (χ1v) is 10.9. The van der Waals surface area contributed by atoms with Crippen LogP contribution in [0.4, 0.5) is 17.6 Å². The Balaban J connectivity index is 2.67. The molecule has 0 saturated carbocycles. The number of esters is 2. The number of methoxy groups -OCH3 is 2. The van der Waals surface area contributed by atoms with E-state index in [-0.39, 0.29) is 3.97 Å². The average molecular weight is 499 g/mol. The Bertz CT molecular complexity index is 1380. The van der Waals surface area contributed by atoms with E-state index in [1.54, 1.807) is 6.92 Å². The van der Waals surface area contributed by atoms with Crippen molar-refractivity contribution in [2.75, 3.05) is 14.2 Å². The lowest BCUT2D eigenvalue weighted by Crippen LogP contribution is -2.24. The first kappa shape index (κ1) is 25.0.